The van der Waals surface area contributed by atoms with Gasteiger partial charge in [0, 0.05) is 12.3 Å². The van der Waals surface area contributed by atoms with Crippen LogP contribution in [0.15, 0.2) is 52.9 Å². The predicted molar refractivity (Wildman–Crippen MR) is 112 cm³/mol. The minimum atomic E-state index is -0.172. The number of carbonyl (C=O) groups excluding carboxylic acids is 1. The predicted octanol–water partition coefficient (Wildman–Crippen LogP) is 5.39. The number of ether oxygens (including phenoxy) is 2. The molecule has 152 valence electrons. The summed E-state index contributed by atoms with van der Waals surface area (Å²) in [5, 5.41) is 3.79. The molecule has 3 aromatic rings. The van der Waals surface area contributed by atoms with Crippen molar-refractivity contribution in [2.45, 2.75) is 45.8 Å². The monoisotopic (exact) mass is 393 g/mol. The van der Waals surface area contributed by atoms with Crippen molar-refractivity contribution >= 4 is 16.9 Å². The van der Waals surface area contributed by atoms with E-state index in [1.807, 2.05) is 55.5 Å². The third kappa shape index (κ3) is 5.31. The molecule has 1 atom stereocenters. The van der Waals surface area contributed by atoms with E-state index in [0.29, 0.717) is 6.61 Å². The summed E-state index contributed by atoms with van der Waals surface area (Å²) >= 11 is 0. The maximum absolute atomic E-state index is 11.2. The SMILES string of the molecule is CC(=O)NC(C)c1cc2cc(OCc3ccc(OCCC4CC4)cc3)ccc2o1. The lowest BCUT2D eigenvalue weighted by Crippen LogP contribution is -2.23. The second-order valence-corrected chi connectivity index (χ2v) is 7.78. The summed E-state index contributed by atoms with van der Waals surface area (Å²) in [6, 6.07) is 15.6. The zero-order valence-electron chi connectivity index (χ0n) is 16.9. The van der Waals surface area contributed by atoms with Crippen molar-refractivity contribution in [3.63, 3.8) is 0 Å². The molecule has 0 bridgehead atoms. The molecule has 0 saturated heterocycles. The third-order valence-corrected chi connectivity index (χ3v) is 5.17. The van der Waals surface area contributed by atoms with Crippen LogP contribution in [0, 0.1) is 5.92 Å². The molecule has 2 aromatic carbocycles. The largest absolute Gasteiger partial charge is 0.494 e. The number of hydrogen-bond donors (Lipinski definition) is 1. The molecule has 29 heavy (non-hydrogen) atoms. The number of amides is 1. The molecule has 1 saturated carbocycles. The summed E-state index contributed by atoms with van der Waals surface area (Å²) < 4.78 is 17.6. The highest BCUT2D eigenvalue weighted by molar-refractivity contribution is 5.80. The molecule has 4 rings (SSSR count). The first-order valence-corrected chi connectivity index (χ1v) is 10.2. The standard InChI is InChI=1S/C24H27NO4/c1-16(25-17(2)26)24-14-20-13-22(9-10-23(20)29-24)28-15-19-5-7-21(8-6-19)27-12-11-18-3-4-18/h5-10,13-14,16,18H,3-4,11-12,15H2,1-2H3,(H,25,26). The second kappa shape index (κ2) is 8.60. The van der Waals surface area contributed by atoms with Gasteiger partial charge in [-0.3, -0.25) is 4.79 Å². The smallest absolute Gasteiger partial charge is 0.217 e. The minimum absolute atomic E-state index is 0.0821. The van der Waals surface area contributed by atoms with Crippen molar-refractivity contribution < 1.29 is 18.7 Å². The van der Waals surface area contributed by atoms with Crippen molar-refractivity contribution in [1.29, 1.82) is 0 Å². The van der Waals surface area contributed by atoms with Crippen LogP contribution in [0.3, 0.4) is 0 Å². The lowest BCUT2D eigenvalue weighted by molar-refractivity contribution is -0.119. The number of nitrogens with one attached hydrogen (secondary N) is 1. The van der Waals surface area contributed by atoms with Gasteiger partial charge in [-0.1, -0.05) is 25.0 Å². The number of carbonyl (C=O) groups is 1. The first-order chi connectivity index (χ1) is 14.1. The molecule has 5 heteroatoms. The molecule has 0 radical (unpaired) electrons. The molecule has 1 N–H and O–H groups in total. The van der Waals surface area contributed by atoms with E-state index in [0.717, 1.165) is 52.7 Å². The van der Waals surface area contributed by atoms with Crippen LogP contribution in [-0.4, -0.2) is 12.5 Å². The van der Waals surface area contributed by atoms with Gasteiger partial charge >= 0.3 is 0 Å². The van der Waals surface area contributed by atoms with Crippen LogP contribution in [0.5, 0.6) is 11.5 Å². The molecule has 1 aliphatic carbocycles. The van der Waals surface area contributed by atoms with Gasteiger partial charge in [-0.25, -0.2) is 0 Å². The summed E-state index contributed by atoms with van der Waals surface area (Å²) in [5.41, 5.74) is 1.86. The van der Waals surface area contributed by atoms with Crippen LogP contribution in [0.2, 0.25) is 0 Å². The fraction of sp³-hybridized carbons (Fsp3) is 0.375. The van der Waals surface area contributed by atoms with Crippen molar-refractivity contribution in [1.82, 2.24) is 5.32 Å². The van der Waals surface area contributed by atoms with Gasteiger partial charge in [-0.15, -0.1) is 0 Å². The molecule has 1 unspecified atom stereocenters. The Kier molecular flexibility index (Phi) is 5.74. The maximum Gasteiger partial charge on any atom is 0.217 e. The average molecular weight is 393 g/mol. The average Bonchev–Trinajstić information content (AvgIpc) is 3.42. The van der Waals surface area contributed by atoms with Crippen molar-refractivity contribution in [3.05, 3.63) is 59.9 Å². The van der Waals surface area contributed by atoms with Gasteiger partial charge in [-0.2, -0.15) is 0 Å². The molecule has 1 fully saturated rings. The Morgan fingerprint density at radius 3 is 2.59 bits per heavy atom. The topological polar surface area (TPSA) is 60.7 Å². The number of rotatable bonds is 9. The van der Waals surface area contributed by atoms with E-state index in [4.69, 9.17) is 13.9 Å². The van der Waals surface area contributed by atoms with Crippen LogP contribution in [0.25, 0.3) is 11.0 Å². The Morgan fingerprint density at radius 2 is 1.86 bits per heavy atom. The normalized spacial score (nSPS) is 14.6. The Hall–Kier alpha value is -2.95. The number of benzene rings is 2. The fourth-order valence-corrected chi connectivity index (χ4v) is 3.32. The highest BCUT2D eigenvalue weighted by atomic mass is 16.5. The van der Waals surface area contributed by atoms with Crippen LogP contribution < -0.4 is 14.8 Å². The molecular formula is C24H27NO4. The third-order valence-electron chi connectivity index (χ3n) is 5.17. The maximum atomic E-state index is 11.2. The van der Waals surface area contributed by atoms with E-state index in [1.54, 1.807) is 0 Å². The van der Waals surface area contributed by atoms with E-state index < -0.39 is 0 Å². The Morgan fingerprint density at radius 1 is 1.10 bits per heavy atom. The van der Waals surface area contributed by atoms with Gasteiger partial charge in [-0.05, 0) is 61.2 Å². The second-order valence-electron chi connectivity index (χ2n) is 7.78. The molecule has 1 amide bonds. The van der Waals surface area contributed by atoms with Crippen LogP contribution in [-0.2, 0) is 11.4 Å². The number of fused-ring (bicyclic) bond motifs is 1. The zero-order chi connectivity index (χ0) is 20.2. The zero-order valence-corrected chi connectivity index (χ0v) is 16.9. The Balaban J connectivity index is 1.33. The van der Waals surface area contributed by atoms with Gasteiger partial charge in [0.2, 0.25) is 5.91 Å². The van der Waals surface area contributed by atoms with Gasteiger partial charge < -0.3 is 19.2 Å². The first-order valence-electron chi connectivity index (χ1n) is 10.2. The van der Waals surface area contributed by atoms with E-state index in [-0.39, 0.29) is 11.9 Å². The van der Waals surface area contributed by atoms with Crippen LogP contribution >= 0.6 is 0 Å². The van der Waals surface area contributed by atoms with Crippen LogP contribution in [0.4, 0.5) is 0 Å². The molecular weight excluding hydrogens is 366 g/mol. The molecule has 0 aliphatic heterocycles. The minimum Gasteiger partial charge on any atom is -0.494 e. The summed E-state index contributed by atoms with van der Waals surface area (Å²) in [6.07, 6.45) is 3.88. The number of furan rings is 1. The summed E-state index contributed by atoms with van der Waals surface area (Å²) in [7, 11) is 0. The van der Waals surface area contributed by atoms with E-state index in [2.05, 4.69) is 5.32 Å². The summed E-state index contributed by atoms with van der Waals surface area (Å²) in [6.45, 7) is 4.68. The van der Waals surface area contributed by atoms with Crippen LogP contribution in [0.1, 0.15) is 50.5 Å². The van der Waals surface area contributed by atoms with Gasteiger partial charge in [0.05, 0.1) is 12.6 Å². The Labute approximate surface area is 171 Å². The molecule has 1 aromatic heterocycles. The molecule has 0 spiro atoms. The van der Waals surface area contributed by atoms with Crippen molar-refractivity contribution in [2.24, 2.45) is 5.92 Å². The first kappa shape index (κ1) is 19.4. The molecule has 1 heterocycles. The Bertz CT molecular complexity index is 972. The summed E-state index contributed by atoms with van der Waals surface area (Å²) in [5.74, 6) is 3.22. The van der Waals surface area contributed by atoms with Crippen molar-refractivity contribution in [3.8, 4) is 11.5 Å². The van der Waals surface area contributed by atoms with E-state index in [9.17, 15) is 4.79 Å². The van der Waals surface area contributed by atoms with Crippen molar-refractivity contribution in [2.75, 3.05) is 6.61 Å². The summed E-state index contributed by atoms with van der Waals surface area (Å²) in [4.78, 5) is 11.2. The van der Waals surface area contributed by atoms with E-state index >= 15 is 0 Å². The lowest BCUT2D eigenvalue weighted by atomic mass is 10.2. The highest BCUT2D eigenvalue weighted by Crippen LogP contribution is 2.32. The lowest BCUT2D eigenvalue weighted by Gasteiger charge is -2.08. The van der Waals surface area contributed by atoms with Gasteiger partial charge in [0.1, 0.15) is 29.4 Å². The molecule has 1 aliphatic rings. The molecule has 5 nitrogen and oxygen atoms in total. The van der Waals surface area contributed by atoms with Gasteiger partial charge in [0.15, 0.2) is 0 Å². The van der Waals surface area contributed by atoms with Gasteiger partial charge in [0.25, 0.3) is 0 Å². The van der Waals surface area contributed by atoms with E-state index in [1.165, 1.54) is 19.8 Å². The highest BCUT2D eigenvalue weighted by Gasteiger charge is 2.20. The number of hydrogen-bond acceptors (Lipinski definition) is 4. The quantitative estimate of drug-likeness (QED) is 0.530. The fourth-order valence-electron chi connectivity index (χ4n) is 3.32.